The van der Waals surface area contributed by atoms with E-state index in [2.05, 4.69) is 28.9 Å². The molecule has 2 unspecified atom stereocenters. The van der Waals surface area contributed by atoms with Gasteiger partial charge in [0.1, 0.15) is 0 Å². The van der Waals surface area contributed by atoms with Gasteiger partial charge in [0.25, 0.3) is 0 Å². The van der Waals surface area contributed by atoms with Crippen LogP contribution in [0.1, 0.15) is 26.1 Å². The topological polar surface area (TPSA) is 59.5 Å². The highest BCUT2D eigenvalue weighted by molar-refractivity contribution is 5.47. The molecule has 3 rings (SSSR count). The minimum atomic E-state index is 0.744. The van der Waals surface area contributed by atoms with Crippen LogP contribution < -0.4 is 5.73 Å². The number of fused-ring (bicyclic) bond motifs is 1. The second-order valence-corrected chi connectivity index (χ2v) is 5.95. The zero-order valence-electron chi connectivity index (χ0n) is 11.6. The Balaban J connectivity index is 1.83. The van der Waals surface area contributed by atoms with Crippen LogP contribution in [0.2, 0.25) is 0 Å². The Kier molecular flexibility index (Phi) is 3.14. The molecule has 1 aliphatic heterocycles. The van der Waals surface area contributed by atoms with Crippen molar-refractivity contribution in [3.8, 4) is 0 Å². The zero-order valence-corrected chi connectivity index (χ0v) is 11.6. The van der Waals surface area contributed by atoms with Crippen LogP contribution in [-0.4, -0.2) is 32.6 Å². The Morgan fingerprint density at radius 1 is 1.21 bits per heavy atom. The molecule has 0 aromatic carbocycles. The third-order valence-electron chi connectivity index (χ3n) is 3.81. The standard InChI is InChI=1S/C14H21N5/c1-10-5-11(2)7-18(6-10)9-14-17-16-13-4-3-12(15)8-19(13)14/h3-4,8,10-11H,5-7,9,15H2,1-2H3. The molecule has 102 valence electrons. The van der Waals surface area contributed by atoms with Gasteiger partial charge in [0.15, 0.2) is 11.5 Å². The average Bonchev–Trinajstić information content (AvgIpc) is 2.70. The summed E-state index contributed by atoms with van der Waals surface area (Å²) in [6.45, 7) is 7.77. The van der Waals surface area contributed by atoms with Gasteiger partial charge in [0, 0.05) is 25.0 Å². The third kappa shape index (κ3) is 2.56. The quantitative estimate of drug-likeness (QED) is 0.893. The summed E-state index contributed by atoms with van der Waals surface area (Å²) in [5.41, 5.74) is 7.45. The number of nitrogens with zero attached hydrogens (tertiary/aromatic N) is 4. The van der Waals surface area contributed by atoms with Crippen molar-refractivity contribution in [2.24, 2.45) is 11.8 Å². The molecule has 2 aromatic rings. The van der Waals surface area contributed by atoms with Crippen molar-refractivity contribution >= 4 is 11.3 Å². The maximum atomic E-state index is 5.84. The molecule has 2 atom stereocenters. The highest BCUT2D eigenvalue weighted by atomic mass is 15.3. The van der Waals surface area contributed by atoms with Crippen molar-refractivity contribution in [2.45, 2.75) is 26.8 Å². The minimum Gasteiger partial charge on any atom is -0.398 e. The molecule has 2 N–H and O–H groups in total. The summed E-state index contributed by atoms with van der Waals surface area (Å²) in [6, 6.07) is 3.77. The van der Waals surface area contributed by atoms with Gasteiger partial charge in [-0.3, -0.25) is 9.30 Å². The van der Waals surface area contributed by atoms with Gasteiger partial charge in [-0.15, -0.1) is 10.2 Å². The summed E-state index contributed by atoms with van der Waals surface area (Å²) >= 11 is 0. The Labute approximate surface area is 113 Å². The van der Waals surface area contributed by atoms with Crippen LogP contribution in [-0.2, 0) is 6.54 Å². The van der Waals surface area contributed by atoms with E-state index in [1.165, 1.54) is 6.42 Å². The second-order valence-electron chi connectivity index (χ2n) is 5.95. The van der Waals surface area contributed by atoms with Crippen molar-refractivity contribution in [2.75, 3.05) is 18.8 Å². The van der Waals surface area contributed by atoms with E-state index in [9.17, 15) is 0 Å². The van der Waals surface area contributed by atoms with Crippen LogP contribution in [0.25, 0.3) is 5.65 Å². The van der Waals surface area contributed by atoms with Gasteiger partial charge < -0.3 is 5.73 Å². The number of piperidine rings is 1. The van der Waals surface area contributed by atoms with Gasteiger partial charge in [-0.1, -0.05) is 13.8 Å². The number of pyridine rings is 1. The van der Waals surface area contributed by atoms with Crippen LogP contribution in [0.5, 0.6) is 0 Å². The number of nitrogen functional groups attached to an aromatic ring is 1. The summed E-state index contributed by atoms with van der Waals surface area (Å²) in [4.78, 5) is 2.47. The minimum absolute atomic E-state index is 0.744. The summed E-state index contributed by atoms with van der Waals surface area (Å²) in [5, 5.41) is 8.49. The number of hydrogen-bond acceptors (Lipinski definition) is 4. The van der Waals surface area contributed by atoms with Gasteiger partial charge in [0.05, 0.1) is 6.54 Å². The van der Waals surface area contributed by atoms with Crippen molar-refractivity contribution in [3.05, 3.63) is 24.2 Å². The van der Waals surface area contributed by atoms with E-state index in [1.54, 1.807) is 0 Å². The van der Waals surface area contributed by atoms with E-state index in [-0.39, 0.29) is 0 Å². The lowest BCUT2D eigenvalue weighted by Gasteiger charge is -2.34. The lowest BCUT2D eigenvalue weighted by atomic mass is 9.92. The number of likely N-dealkylation sites (tertiary alicyclic amines) is 1. The average molecular weight is 259 g/mol. The van der Waals surface area contributed by atoms with Crippen LogP contribution in [0, 0.1) is 11.8 Å². The third-order valence-corrected chi connectivity index (χ3v) is 3.81. The summed E-state index contributed by atoms with van der Waals surface area (Å²) in [6.07, 6.45) is 3.23. The van der Waals surface area contributed by atoms with Gasteiger partial charge in [0.2, 0.25) is 0 Å². The predicted molar refractivity (Wildman–Crippen MR) is 75.6 cm³/mol. The molecule has 2 aromatic heterocycles. The van der Waals surface area contributed by atoms with Gasteiger partial charge in [-0.25, -0.2) is 0 Å². The van der Waals surface area contributed by atoms with Crippen LogP contribution >= 0.6 is 0 Å². The first-order chi connectivity index (χ1) is 9.11. The monoisotopic (exact) mass is 259 g/mol. The normalized spacial score (nSPS) is 24.9. The lowest BCUT2D eigenvalue weighted by molar-refractivity contribution is 0.131. The van der Waals surface area contributed by atoms with Gasteiger partial charge in [-0.05, 0) is 30.4 Å². The zero-order chi connectivity index (χ0) is 13.4. The Morgan fingerprint density at radius 2 is 1.95 bits per heavy atom. The summed E-state index contributed by atoms with van der Waals surface area (Å²) < 4.78 is 2.00. The van der Waals surface area contributed by atoms with Crippen LogP contribution in [0.4, 0.5) is 5.69 Å². The number of nitrogens with two attached hydrogens (primary N) is 1. The first-order valence-electron chi connectivity index (χ1n) is 6.93. The van der Waals surface area contributed by atoms with Crippen LogP contribution in [0.3, 0.4) is 0 Å². The van der Waals surface area contributed by atoms with E-state index in [1.807, 2.05) is 22.7 Å². The molecule has 5 nitrogen and oxygen atoms in total. The molecule has 19 heavy (non-hydrogen) atoms. The molecular weight excluding hydrogens is 238 g/mol. The maximum absolute atomic E-state index is 5.84. The lowest BCUT2D eigenvalue weighted by Crippen LogP contribution is -2.38. The fourth-order valence-corrected chi connectivity index (χ4v) is 3.18. The molecular formula is C14H21N5. The molecule has 0 radical (unpaired) electrons. The molecule has 1 fully saturated rings. The summed E-state index contributed by atoms with van der Waals surface area (Å²) in [7, 11) is 0. The molecule has 3 heterocycles. The van der Waals surface area contributed by atoms with Gasteiger partial charge in [-0.2, -0.15) is 0 Å². The fraction of sp³-hybridized carbons (Fsp3) is 0.571. The number of anilines is 1. The molecule has 5 heteroatoms. The maximum Gasteiger partial charge on any atom is 0.160 e. The van der Waals surface area contributed by atoms with E-state index in [4.69, 9.17) is 5.73 Å². The van der Waals surface area contributed by atoms with Crippen molar-refractivity contribution in [1.82, 2.24) is 19.5 Å². The largest absolute Gasteiger partial charge is 0.398 e. The van der Waals surface area contributed by atoms with Crippen LogP contribution in [0.15, 0.2) is 18.3 Å². The highest BCUT2D eigenvalue weighted by Gasteiger charge is 2.23. The smallest absolute Gasteiger partial charge is 0.160 e. The molecule has 0 aliphatic carbocycles. The first-order valence-corrected chi connectivity index (χ1v) is 6.93. The second kappa shape index (κ2) is 4.81. The highest BCUT2D eigenvalue weighted by Crippen LogP contribution is 2.22. The fourth-order valence-electron chi connectivity index (χ4n) is 3.18. The number of rotatable bonds is 2. The molecule has 1 saturated heterocycles. The molecule has 1 aliphatic rings. The Bertz CT molecular complexity index is 566. The molecule has 0 spiro atoms. The van der Waals surface area contributed by atoms with E-state index in [0.29, 0.717) is 0 Å². The van der Waals surface area contributed by atoms with Crippen molar-refractivity contribution in [3.63, 3.8) is 0 Å². The SMILES string of the molecule is CC1CC(C)CN(Cc2nnc3ccc(N)cn23)C1. The van der Waals surface area contributed by atoms with Gasteiger partial charge >= 0.3 is 0 Å². The number of hydrogen-bond donors (Lipinski definition) is 1. The van der Waals surface area contributed by atoms with Crippen molar-refractivity contribution < 1.29 is 0 Å². The van der Waals surface area contributed by atoms with E-state index >= 15 is 0 Å². The van der Waals surface area contributed by atoms with E-state index in [0.717, 1.165) is 48.6 Å². The van der Waals surface area contributed by atoms with Crippen molar-refractivity contribution in [1.29, 1.82) is 0 Å². The molecule has 0 bridgehead atoms. The Hall–Kier alpha value is -1.62. The molecule has 0 saturated carbocycles. The van der Waals surface area contributed by atoms with E-state index < -0.39 is 0 Å². The predicted octanol–water partition coefficient (Wildman–Crippen LogP) is 1.79. The molecule has 0 amide bonds. The Morgan fingerprint density at radius 3 is 2.68 bits per heavy atom. The first kappa shape index (κ1) is 12.4. The summed E-state index contributed by atoms with van der Waals surface area (Å²) in [5.74, 6) is 2.49. The number of aromatic nitrogens is 3.